The van der Waals surface area contributed by atoms with Gasteiger partial charge in [-0.25, -0.2) is 0 Å². The minimum Gasteiger partial charge on any atom is -0.333 e. The first-order valence-corrected chi connectivity index (χ1v) is 5.66. The van der Waals surface area contributed by atoms with Gasteiger partial charge in [-0.2, -0.15) is 0 Å². The number of nitro groups is 1. The summed E-state index contributed by atoms with van der Waals surface area (Å²) in [5, 5.41) is 20.8. The van der Waals surface area contributed by atoms with E-state index in [9.17, 15) is 10.1 Å². The smallest absolute Gasteiger partial charge is 0.333 e. The molecule has 0 atom stereocenters. The van der Waals surface area contributed by atoms with Gasteiger partial charge in [0.2, 0.25) is 5.82 Å². The molecule has 0 aliphatic carbocycles. The van der Waals surface area contributed by atoms with Gasteiger partial charge in [0.15, 0.2) is 0 Å². The van der Waals surface area contributed by atoms with Gasteiger partial charge in [0.1, 0.15) is 5.69 Å². The minimum atomic E-state index is -0.501. The number of benzene rings is 1. The molecule has 0 saturated carbocycles. The Balaban J connectivity index is 2.34. The zero-order valence-corrected chi connectivity index (χ0v) is 10.7. The Morgan fingerprint density at radius 1 is 1.39 bits per heavy atom. The van der Waals surface area contributed by atoms with Crippen LogP contribution in [0, 0.1) is 17.0 Å². The van der Waals surface area contributed by atoms with Crippen LogP contribution < -0.4 is 5.32 Å². The molecule has 2 rings (SSSR count). The molecule has 0 saturated heterocycles. The third-order valence-corrected chi connectivity index (χ3v) is 3.02. The highest BCUT2D eigenvalue weighted by Gasteiger charge is 2.21. The maximum atomic E-state index is 10.9. The van der Waals surface area contributed by atoms with Crippen LogP contribution in [0.15, 0.2) is 18.2 Å². The summed E-state index contributed by atoms with van der Waals surface area (Å²) < 4.78 is 0. The normalized spacial score (nSPS) is 10.4. The molecule has 2 aromatic rings. The summed E-state index contributed by atoms with van der Waals surface area (Å²) in [7, 11) is 0. The lowest BCUT2D eigenvalue weighted by Crippen LogP contribution is -1.96. The van der Waals surface area contributed by atoms with Crippen LogP contribution in [0.3, 0.4) is 0 Å². The van der Waals surface area contributed by atoms with E-state index in [1.165, 1.54) is 0 Å². The van der Waals surface area contributed by atoms with Crippen molar-refractivity contribution in [3.8, 4) is 0 Å². The molecule has 0 radical (unpaired) electrons. The van der Waals surface area contributed by atoms with Crippen LogP contribution in [-0.2, 0) is 0 Å². The fourth-order valence-corrected chi connectivity index (χ4v) is 1.74. The van der Waals surface area contributed by atoms with Crippen molar-refractivity contribution in [3.63, 3.8) is 0 Å². The number of H-pyrrole nitrogens is 1. The number of hydrogen-bond donors (Lipinski definition) is 2. The third kappa shape index (κ3) is 2.39. The lowest BCUT2D eigenvalue weighted by molar-refractivity contribution is -0.384. The zero-order chi connectivity index (χ0) is 13.3. The summed E-state index contributed by atoms with van der Waals surface area (Å²) in [6.07, 6.45) is 0. The maximum Gasteiger partial charge on any atom is 0.333 e. The van der Waals surface area contributed by atoms with Crippen molar-refractivity contribution in [1.29, 1.82) is 0 Å². The van der Waals surface area contributed by atoms with Crippen LogP contribution in [0.5, 0.6) is 0 Å². The number of aromatic amines is 1. The number of aryl methyl sites for hydroxylation is 1. The number of aromatic nitrogens is 2. The predicted molar refractivity (Wildman–Crippen MR) is 69.7 cm³/mol. The van der Waals surface area contributed by atoms with Gasteiger partial charge in [-0.1, -0.05) is 23.2 Å². The summed E-state index contributed by atoms with van der Waals surface area (Å²) in [6.45, 7) is 1.57. The molecule has 0 aliphatic heterocycles. The van der Waals surface area contributed by atoms with Crippen LogP contribution in [0.1, 0.15) is 5.69 Å². The first-order valence-electron chi connectivity index (χ1n) is 4.90. The summed E-state index contributed by atoms with van der Waals surface area (Å²) in [5.41, 5.74) is 0.850. The molecular weight excluding hydrogens is 279 g/mol. The molecule has 2 N–H and O–H groups in total. The van der Waals surface area contributed by atoms with Gasteiger partial charge in [0.05, 0.1) is 15.0 Å². The molecule has 0 amide bonds. The van der Waals surface area contributed by atoms with Crippen molar-refractivity contribution < 1.29 is 4.92 Å². The Morgan fingerprint density at radius 2 is 2.11 bits per heavy atom. The van der Waals surface area contributed by atoms with Crippen molar-refractivity contribution in [1.82, 2.24) is 10.2 Å². The van der Waals surface area contributed by atoms with Gasteiger partial charge in [-0.3, -0.25) is 15.2 Å². The number of nitrogens with one attached hydrogen (secondary N) is 2. The molecule has 0 bridgehead atoms. The van der Waals surface area contributed by atoms with E-state index in [0.29, 0.717) is 21.4 Å². The first-order chi connectivity index (χ1) is 8.49. The van der Waals surface area contributed by atoms with Crippen molar-refractivity contribution in [2.45, 2.75) is 6.92 Å². The molecule has 1 heterocycles. The summed E-state index contributed by atoms with van der Waals surface area (Å²) in [5.74, 6) is 0.135. The van der Waals surface area contributed by atoms with Gasteiger partial charge < -0.3 is 5.32 Å². The van der Waals surface area contributed by atoms with Crippen LogP contribution in [0.25, 0.3) is 0 Å². The van der Waals surface area contributed by atoms with Crippen molar-refractivity contribution in [2.24, 2.45) is 0 Å². The molecule has 0 fully saturated rings. The van der Waals surface area contributed by atoms with E-state index in [-0.39, 0.29) is 11.5 Å². The van der Waals surface area contributed by atoms with Gasteiger partial charge in [-0.05, 0) is 25.1 Å². The predicted octanol–water partition coefficient (Wildman–Crippen LogP) is 3.68. The molecule has 0 unspecified atom stereocenters. The van der Waals surface area contributed by atoms with E-state index in [1.54, 1.807) is 25.1 Å². The first kappa shape index (κ1) is 12.7. The molecule has 8 heteroatoms. The topological polar surface area (TPSA) is 83.8 Å². The second-order valence-electron chi connectivity index (χ2n) is 3.56. The largest absolute Gasteiger partial charge is 0.333 e. The molecule has 0 spiro atoms. The fourth-order valence-electron chi connectivity index (χ4n) is 1.44. The number of nitrogens with zero attached hydrogens (tertiary/aromatic N) is 2. The Hall–Kier alpha value is -1.79. The van der Waals surface area contributed by atoms with Crippen molar-refractivity contribution in [2.75, 3.05) is 5.32 Å². The van der Waals surface area contributed by atoms with E-state index in [0.717, 1.165) is 0 Å². The lowest BCUT2D eigenvalue weighted by Gasteiger charge is -2.04. The summed E-state index contributed by atoms with van der Waals surface area (Å²) in [6, 6.07) is 4.82. The van der Waals surface area contributed by atoms with E-state index in [4.69, 9.17) is 23.2 Å². The number of halogens is 2. The molecule has 18 heavy (non-hydrogen) atoms. The highest BCUT2D eigenvalue weighted by atomic mass is 35.5. The standard InChI is InChI=1S/C10H8Cl2N4O2/c1-5-9(16(17)18)10(15-14-5)13-6-2-3-7(11)8(12)4-6/h2-4H,1H3,(H2,13,14,15). The number of hydrogen-bond acceptors (Lipinski definition) is 4. The zero-order valence-electron chi connectivity index (χ0n) is 9.20. The van der Waals surface area contributed by atoms with Gasteiger partial charge >= 0.3 is 5.69 Å². The van der Waals surface area contributed by atoms with Crippen molar-refractivity contribution >= 4 is 40.4 Å². The molecule has 6 nitrogen and oxygen atoms in total. The SMILES string of the molecule is Cc1[nH]nc(Nc2ccc(Cl)c(Cl)c2)c1[N+](=O)[O-]. The maximum absolute atomic E-state index is 10.9. The average Bonchev–Trinajstić information content (AvgIpc) is 2.65. The summed E-state index contributed by atoms with van der Waals surface area (Å²) in [4.78, 5) is 10.4. The average molecular weight is 287 g/mol. The number of rotatable bonds is 3. The highest BCUT2D eigenvalue weighted by molar-refractivity contribution is 6.42. The van der Waals surface area contributed by atoms with Crippen LogP contribution >= 0.6 is 23.2 Å². The van der Waals surface area contributed by atoms with Gasteiger partial charge in [0, 0.05) is 5.69 Å². The minimum absolute atomic E-state index is 0.0962. The van der Waals surface area contributed by atoms with Crippen LogP contribution in [0.4, 0.5) is 17.2 Å². The third-order valence-electron chi connectivity index (χ3n) is 2.28. The number of anilines is 2. The van der Waals surface area contributed by atoms with Crippen LogP contribution in [-0.4, -0.2) is 15.1 Å². The lowest BCUT2D eigenvalue weighted by atomic mass is 10.3. The summed E-state index contributed by atoms with van der Waals surface area (Å²) >= 11 is 11.6. The Morgan fingerprint density at radius 3 is 2.72 bits per heavy atom. The van der Waals surface area contributed by atoms with E-state index < -0.39 is 4.92 Å². The van der Waals surface area contributed by atoms with Crippen molar-refractivity contribution in [3.05, 3.63) is 44.1 Å². The van der Waals surface area contributed by atoms with E-state index in [1.807, 2.05) is 0 Å². The molecule has 1 aromatic carbocycles. The molecule has 0 aliphatic rings. The molecule has 1 aromatic heterocycles. The van der Waals surface area contributed by atoms with E-state index in [2.05, 4.69) is 15.5 Å². The van der Waals surface area contributed by atoms with Gasteiger partial charge in [0.25, 0.3) is 0 Å². The second kappa shape index (κ2) is 4.83. The van der Waals surface area contributed by atoms with Gasteiger partial charge in [-0.15, -0.1) is 5.10 Å². The Bertz CT molecular complexity index is 612. The van der Waals surface area contributed by atoms with E-state index >= 15 is 0 Å². The molecular formula is C10H8Cl2N4O2. The quantitative estimate of drug-likeness (QED) is 0.666. The van der Waals surface area contributed by atoms with Crippen LogP contribution in [0.2, 0.25) is 10.0 Å². The second-order valence-corrected chi connectivity index (χ2v) is 4.37. The highest BCUT2D eigenvalue weighted by Crippen LogP contribution is 2.30. The monoisotopic (exact) mass is 286 g/mol. The Labute approximate surface area is 112 Å². The Kier molecular flexibility index (Phi) is 3.40. The molecule has 94 valence electrons. The fraction of sp³-hybridized carbons (Fsp3) is 0.100.